The molecule has 0 saturated carbocycles. The number of ether oxygens (including phenoxy) is 2. The predicted octanol–water partition coefficient (Wildman–Crippen LogP) is 1.32. The van der Waals surface area contributed by atoms with Crippen LogP contribution < -0.4 is 10.2 Å². The van der Waals surface area contributed by atoms with Crippen LogP contribution in [0.15, 0.2) is 36.4 Å². The van der Waals surface area contributed by atoms with Crippen molar-refractivity contribution in [3.05, 3.63) is 36.4 Å². The van der Waals surface area contributed by atoms with Crippen molar-refractivity contribution in [1.29, 1.82) is 0 Å². The molecular weight excluding hydrogens is 267 g/mol. The van der Waals surface area contributed by atoms with Gasteiger partial charge in [-0.1, -0.05) is 24.3 Å². The van der Waals surface area contributed by atoms with Gasteiger partial charge in [0.05, 0.1) is 6.61 Å². The Morgan fingerprint density at radius 3 is 2.52 bits per heavy atom. The molecule has 1 aliphatic heterocycles. The molecule has 0 bridgehead atoms. The normalized spacial score (nSPS) is 16.1. The van der Waals surface area contributed by atoms with Crippen molar-refractivity contribution in [3.63, 3.8) is 0 Å². The third-order valence-corrected chi connectivity index (χ3v) is 3.96. The highest BCUT2D eigenvalue weighted by atomic mass is 16.5. The minimum absolute atomic E-state index is 0.498. The summed E-state index contributed by atoms with van der Waals surface area (Å²) in [7, 11) is -1.43. The molecule has 110 valence electrons. The maximum Gasteiger partial charge on any atom is 0.488 e. The Morgan fingerprint density at radius 1 is 1.05 bits per heavy atom. The highest BCUT2D eigenvalue weighted by molar-refractivity contribution is 6.58. The lowest BCUT2D eigenvalue weighted by molar-refractivity contribution is 0.0498. The molecule has 1 saturated heterocycles. The Balaban J connectivity index is 1.70. The van der Waals surface area contributed by atoms with Gasteiger partial charge in [0.1, 0.15) is 5.75 Å². The van der Waals surface area contributed by atoms with E-state index in [9.17, 15) is 10.0 Å². The zero-order chi connectivity index (χ0) is 14.7. The zero-order valence-corrected chi connectivity index (χ0v) is 11.9. The van der Waals surface area contributed by atoms with Gasteiger partial charge in [-0.25, -0.2) is 0 Å². The number of hydrogen-bond donors (Lipinski definition) is 2. The molecular formula is C16H19BO4. The van der Waals surface area contributed by atoms with E-state index in [1.54, 1.807) is 12.1 Å². The Kier molecular flexibility index (Phi) is 4.43. The summed E-state index contributed by atoms with van der Waals surface area (Å²) in [6.07, 6.45) is 2.12. The van der Waals surface area contributed by atoms with Crippen LogP contribution in [0.4, 0.5) is 0 Å². The summed E-state index contributed by atoms with van der Waals surface area (Å²) < 4.78 is 11.2. The summed E-state index contributed by atoms with van der Waals surface area (Å²) in [5, 5.41) is 20.4. The molecule has 0 spiro atoms. The minimum atomic E-state index is -1.43. The van der Waals surface area contributed by atoms with E-state index >= 15 is 0 Å². The van der Waals surface area contributed by atoms with Crippen molar-refractivity contribution in [3.8, 4) is 5.75 Å². The average molecular weight is 286 g/mol. The Labute approximate surface area is 124 Å². The number of benzene rings is 2. The molecule has 5 heteroatoms. The van der Waals surface area contributed by atoms with Gasteiger partial charge in [0, 0.05) is 13.2 Å². The molecule has 0 radical (unpaired) electrons. The van der Waals surface area contributed by atoms with Crippen molar-refractivity contribution in [1.82, 2.24) is 0 Å². The van der Waals surface area contributed by atoms with Crippen molar-refractivity contribution in [2.45, 2.75) is 12.8 Å². The van der Waals surface area contributed by atoms with Gasteiger partial charge in [-0.05, 0) is 47.1 Å². The molecule has 1 aliphatic rings. The van der Waals surface area contributed by atoms with Crippen LogP contribution in [0.25, 0.3) is 10.8 Å². The van der Waals surface area contributed by atoms with E-state index in [0.717, 1.165) is 49.2 Å². The van der Waals surface area contributed by atoms with Gasteiger partial charge in [0.2, 0.25) is 0 Å². The fourth-order valence-electron chi connectivity index (χ4n) is 2.62. The lowest BCUT2D eigenvalue weighted by Gasteiger charge is -2.22. The van der Waals surface area contributed by atoms with E-state index in [1.807, 2.05) is 24.3 Å². The summed E-state index contributed by atoms with van der Waals surface area (Å²) in [5.74, 6) is 1.42. The van der Waals surface area contributed by atoms with Crippen LogP contribution in [-0.2, 0) is 4.74 Å². The van der Waals surface area contributed by atoms with E-state index < -0.39 is 7.12 Å². The molecule has 0 aromatic heterocycles. The summed E-state index contributed by atoms with van der Waals surface area (Å²) in [5.41, 5.74) is 0.498. The third-order valence-electron chi connectivity index (χ3n) is 3.96. The Morgan fingerprint density at radius 2 is 1.76 bits per heavy atom. The fraction of sp³-hybridized carbons (Fsp3) is 0.375. The largest absolute Gasteiger partial charge is 0.493 e. The van der Waals surface area contributed by atoms with Gasteiger partial charge in [-0.2, -0.15) is 0 Å². The maximum absolute atomic E-state index is 9.19. The fourth-order valence-corrected chi connectivity index (χ4v) is 2.62. The van der Waals surface area contributed by atoms with E-state index in [4.69, 9.17) is 9.47 Å². The summed E-state index contributed by atoms with van der Waals surface area (Å²) in [6, 6.07) is 11.2. The van der Waals surface area contributed by atoms with Crippen molar-refractivity contribution >= 4 is 23.4 Å². The summed E-state index contributed by atoms with van der Waals surface area (Å²) in [4.78, 5) is 0. The molecule has 1 fully saturated rings. The van der Waals surface area contributed by atoms with E-state index in [-0.39, 0.29) is 0 Å². The first-order valence-corrected chi connectivity index (χ1v) is 7.33. The Bertz CT molecular complexity index is 608. The zero-order valence-electron chi connectivity index (χ0n) is 11.9. The first kappa shape index (κ1) is 14.4. The SMILES string of the molecule is OB(O)c1ccc2cc(OCC3CCOCC3)ccc2c1. The van der Waals surface area contributed by atoms with Gasteiger partial charge in [-0.3, -0.25) is 0 Å². The average Bonchev–Trinajstić information content (AvgIpc) is 2.53. The molecule has 1 heterocycles. The first-order valence-electron chi connectivity index (χ1n) is 7.33. The lowest BCUT2D eigenvalue weighted by Crippen LogP contribution is -2.29. The van der Waals surface area contributed by atoms with Crippen LogP contribution in [0.5, 0.6) is 5.75 Å². The second-order valence-electron chi connectivity index (χ2n) is 5.51. The van der Waals surface area contributed by atoms with E-state index in [0.29, 0.717) is 11.4 Å². The third kappa shape index (κ3) is 3.56. The van der Waals surface area contributed by atoms with Crippen LogP contribution in [0.3, 0.4) is 0 Å². The molecule has 0 unspecified atom stereocenters. The number of rotatable bonds is 4. The van der Waals surface area contributed by atoms with Gasteiger partial charge in [-0.15, -0.1) is 0 Å². The molecule has 2 N–H and O–H groups in total. The summed E-state index contributed by atoms with van der Waals surface area (Å²) in [6.45, 7) is 2.39. The van der Waals surface area contributed by atoms with Crippen LogP contribution in [-0.4, -0.2) is 37.0 Å². The number of fused-ring (bicyclic) bond motifs is 1. The predicted molar refractivity (Wildman–Crippen MR) is 82.8 cm³/mol. The highest BCUT2D eigenvalue weighted by Gasteiger charge is 2.15. The first-order chi connectivity index (χ1) is 10.2. The molecule has 0 amide bonds. The lowest BCUT2D eigenvalue weighted by atomic mass is 9.79. The smallest absolute Gasteiger partial charge is 0.488 e. The van der Waals surface area contributed by atoms with E-state index in [1.165, 1.54) is 0 Å². The van der Waals surface area contributed by atoms with Crippen LogP contribution in [0, 0.1) is 5.92 Å². The quantitative estimate of drug-likeness (QED) is 0.832. The molecule has 0 aliphatic carbocycles. The highest BCUT2D eigenvalue weighted by Crippen LogP contribution is 2.22. The molecule has 2 aromatic rings. The van der Waals surface area contributed by atoms with Gasteiger partial charge >= 0.3 is 7.12 Å². The van der Waals surface area contributed by atoms with E-state index in [2.05, 4.69) is 0 Å². The maximum atomic E-state index is 9.19. The molecule has 4 nitrogen and oxygen atoms in total. The van der Waals surface area contributed by atoms with Crippen LogP contribution in [0.2, 0.25) is 0 Å². The minimum Gasteiger partial charge on any atom is -0.493 e. The molecule has 2 aromatic carbocycles. The van der Waals surface area contributed by atoms with Gasteiger partial charge in [0.25, 0.3) is 0 Å². The van der Waals surface area contributed by atoms with Crippen molar-refractivity contribution in [2.75, 3.05) is 19.8 Å². The topological polar surface area (TPSA) is 58.9 Å². The molecule has 0 atom stereocenters. The van der Waals surface area contributed by atoms with Crippen LogP contribution >= 0.6 is 0 Å². The molecule has 3 rings (SSSR count). The number of hydrogen-bond acceptors (Lipinski definition) is 4. The standard InChI is InChI=1S/C16H19BO4/c18-17(19)15-3-1-14-10-16(4-2-13(14)9-15)21-11-12-5-7-20-8-6-12/h1-4,9-10,12,18-19H,5-8,11H2. The molecule has 21 heavy (non-hydrogen) atoms. The Hall–Kier alpha value is -1.56. The van der Waals surface area contributed by atoms with Crippen molar-refractivity contribution in [2.24, 2.45) is 5.92 Å². The second kappa shape index (κ2) is 6.47. The monoisotopic (exact) mass is 286 g/mol. The summed E-state index contributed by atoms with van der Waals surface area (Å²) >= 11 is 0. The van der Waals surface area contributed by atoms with Crippen LogP contribution in [0.1, 0.15) is 12.8 Å². The van der Waals surface area contributed by atoms with Gasteiger partial charge in [0.15, 0.2) is 0 Å². The van der Waals surface area contributed by atoms with Gasteiger partial charge < -0.3 is 19.5 Å². The van der Waals surface area contributed by atoms with Crippen molar-refractivity contribution < 1.29 is 19.5 Å². The second-order valence-corrected chi connectivity index (χ2v) is 5.51.